The first-order valence-corrected chi connectivity index (χ1v) is 3.49. The van der Waals surface area contributed by atoms with Gasteiger partial charge in [0.05, 0.1) is 13.1 Å². The Hall–Kier alpha value is -2.44. The molecule has 0 atom stereocenters. The lowest BCUT2D eigenvalue weighted by Crippen LogP contribution is -2.15. The Balaban J connectivity index is 2.84. The van der Waals surface area contributed by atoms with Gasteiger partial charge in [0.2, 0.25) is 0 Å². The Kier molecular flexibility index (Phi) is 3.14. The van der Waals surface area contributed by atoms with Crippen LogP contribution in [0.2, 0.25) is 0 Å². The van der Waals surface area contributed by atoms with Crippen LogP contribution in [0.4, 0.5) is 0 Å². The SMILES string of the molecule is [N-]=[N+]=NCc1nnc(CN=[N+]=[N-])n1N. The van der Waals surface area contributed by atoms with Crippen LogP contribution < -0.4 is 5.84 Å². The normalized spacial score (nSPS) is 8.86. The Labute approximate surface area is 77.6 Å². The number of nitrogens with zero attached hydrogens (tertiary/aromatic N) is 9. The van der Waals surface area contributed by atoms with Crippen molar-refractivity contribution in [2.45, 2.75) is 13.1 Å². The van der Waals surface area contributed by atoms with E-state index in [1.54, 1.807) is 0 Å². The maximum atomic E-state index is 8.06. The first-order valence-electron chi connectivity index (χ1n) is 3.49. The Morgan fingerprint density at radius 2 is 1.57 bits per heavy atom. The number of hydrogen-bond acceptors (Lipinski definition) is 5. The molecule has 1 rings (SSSR count). The number of azide groups is 2. The number of aromatic nitrogens is 3. The Morgan fingerprint density at radius 1 is 1.14 bits per heavy atom. The Morgan fingerprint density at radius 3 is 1.93 bits per heavy atom. The van der Waals surface area contributed by atoms with E-state index < -0.39 is 0 Å². The smallest absolute Gasteiger partial charge is 0.157 e. The largest absolute Gasteiger partial charge is 0.336 e. The van der Waals surface area contributed by atoms with Crippen molar-refractivity contribution in [1.29, 1.82) is 0 Å². The van der Waals surface area contributed by atoms with E-state index in [1.807, 2.05) is 0 Å². The summed E-state index contributed by atoms with van der Waals surface area (Å²) in [6.45, 7) is 0.0204. The summed E-state index contributed by atoms with van der Waals surface area (Å²) >= 11 is 0. The summed E-state index contributed by atoms with van der Waals surface area (Å²) in [5.41, 5.74) is 16.1. The molecule has 0 bridgehead atoms. The van der Waals surface area contributed by atoms with Gasteiger partial charge in [-0.05, 0) is 11.1 Å². The van der Waals surface area contributed by atoms with Gasteiger partial charge in [0, 0.05) is 9.82 Å². The van der Waals surface area contributed by atoms with E-state index in [9.17, 15) is 0 Å². The highest BCUT2D eigenvalue weighted by molar-refractivity contribution is 4.95. The number of rotatable bonds is 4. The lowest BCUT2D eigenvalue weighted by atomic mass is 10.6. The van der Waals surface area contributed by atoms with Gasteiger partial charge >= 0.3 is 0 Å². The molecule has 0 amide bonds. The molecule has 10 nitrogen and oxygen atoms in total. The molecule has 14 heavy (non-hydrogen) atoms. The molecule has 0 fully saturated rings. The summed E-state index contributed by atoms with van der Waals surface area (Å²) in [6.07, 6.45) is 0. The first-order chi connectivity index (χ1) is 6.79. The van der Waals surface area contributed by atoms with Crippen LogP contribution in [-0.2, 0) is 13.1 Å². The molecular formula is C4H6N10. The minimum atomic E-state index is 0.0102. The van der Waals surface area contributed by atoms with E-state index in [2.05, 4.69) is 30.2 Å². The predicted octanol–water partition coefficient (Wildman–Crippen LogP) is 0.613. The minimum Gasteiger partial charge on any atom is -0.336 e. The average Bonchev–Trinajstić information content (AvgIpc) is 2.54. The number of hydrogen-bond donors (Lipinski definition) is 1. The van der Waals surface area contributed by atoms with Crippen LogP contribution in [-0.4, -0.2) is 14.9 Å². The molecular weight excluding hydrogens is 188 g/mol. The molecule has 1 aromatic heterocycles. The van der Waals surface area contributed by atoms with Gasteiger partial charge in [0.25, 0.3) is 0 Å². The maximum absolute atomic E-state index is 8.06. The molecule has 0 saturated heterocycles. The summed E-state index contributed by atoms with van der Waals surface area (Å²) in [7, 11) is 0. The quantitative estimate of drug-likeness (QED) is 0.323. The lowest BCUT2D eigenvalue weighted by molar-refractivity contribution is 0.784. The maximum Gasteiger partial charge on any atom is 0.157 e. The second-order valence-electron chi connectivity index (χ2n) is 2.18. The zero-order valence-electron chi connectivity index (χ0n) is 7.02. The van der Waals surface area contributed by atoms with Gasteiger partial charge in [0.1, 0.15) is 0 Å². The summed E-state index contributed by atoms with van der Waals surface area (Å²) < 4.78 is 1.13. The van der Waals surface area contributed by atoms with Gasteiger partial charge in [0.15, 0.2) is 11.6 Å². The molecule has 0 radical (unpaired) electrons. The fourth-order valence-electron chi connectivity index (χ4n) is 0.766. The molecule has 2 N–H and O–H groups in total. The van der Waals surface area contributed by atoms with Gasteiger partial charge in [-0.2, -0.15) is 0 Å². The van der Waals surface area contributed by atoms with Crippen molar-refractivity contribution in [2.24, 2.45) is 10.2 Å². The second kappa shape index (κ2) is 4.55. The minimum absolute atomic E-state index is 0.0102. The molecule has 0 aliphatic carbocycles. The van der Waals surface area contributed by atoms with Crippen molar-refractivity contribution in [1.82, 2.24) is 14.9 Å². The zero-order valence-corrected chi connectivity index (χ0v) is 7.02. The third kappa shape index (κ3) is 2.03. The fourth-order valence-corrected chi connectivity index (χ4v) is 0.766. The molecule has 72 valence electrons. The molecule has 0 spiro atoms. The third-order valence-electron chi connectivity index (χ3n) is 1.39. The molecule has 0 aliphatic heterocycles. The number of nitrogen functional groups attached to an aromatic ring is 1. The van der Waals surface area contributed by atoms with Crippen molar-refractivity contribution in [3.63, 3.8) is 0 Å². The summed E-state index contributed by atoms with van der Waals surface area (Å²) in [4.78, 5) is 5.10. The summed E-state index contributed by atoms with van der Waals surface area (Å²) in [5.74, 6) is 6.13. The highest BCUT2D eigenvalue weighted by atomic mass is 15.4. The highest BCUT2D eigenvalue weighted by Crippen LogP contribution is 2.00. The van der Waals surface area contributed by atoms with Crippen LogP contribution in [0.5, 0.6) is 0 Å². The Bertz CT molecular complexity index is 366. The zero-order chi connectivity index (χ0) is 10.4. The molecule has 0 aliphatic rings. The fraction of sp³-hybridized carbons (Fsp3) is 0.500. The molecule has 10 heteroatoms. The van der Waals surface area contributed by atoms with Crippen LogP contribution in [0.15, 0.2) is 10.2 Å². The molecule has 0 unspecified atom stereocenters. The van der Waals surface area contributed by atoms with Crippen molar-refractivity contribution < 1.29 is 0 Å². The number of nitrogens with two attached hydrogens (primary N) is 1. The first kappa shape index (κ1) is 9.65. The van der Waals surface area contributed by atoms with Crippen LogP contribution in [0, 0.1) is 0 Å². The van der Waals surface area contributed by atoms with Gasteiger partial charge in [-0.1, -0.05) is 10.2 Å². The average molecular weight is 194 g/mol. The van der Waals surface area contributed by atoms with Crippen LogP contribution in [0.1, 0.15) is 11.6 Å². The van der Waals surface area contributed by atoms with E-state index in [1.165, 1.54) is 0 Å². The van der Waals surface area contributed by atoms with E-state index in [0.717, 1.165) is 4.68 Å². The monoisotopic (exact) mass is 194 g/mol. The predicted molar refractivity (Wildman–Crippen MR) is 45.9 cm³/mol. The van der Waals surface area contributed by atoms with Crippen molar-refractivity contribution in [2.75, 3.05) is 5.84 Å². The van der Waals surface area contributed by atoms with E-state index >= 15 is 0 Å². The molecule has 1 aromatic rings. The van der Waals surface area contributed by atoms with E-state index in [4.69, 9.17) is 16.9 Å². The van der Waals surface area contributed by atoms with E-state index in [0.29, 0.717) is 11.6 Å². The van der Waals surface area contributed by atoms with Crippen LogP contribution in [0.3, 0.4) is 0 Å². The standard InChI is InChI=1S/C4H6N10/c5-12-8-1-3-10-11-4(14(3)7)2-9-13-6/h1-2,7H2. The van der Waals surface area contributed by atoms with Crippen LogP contribution >= 0.6 is 0 Å². The van der Waals surface area contributed by atoms with Crippen LogP contribution in [0.25, 0.3) is 20.9 Å². The molecule has 0 saturated carbocycles. The summed E-state index contributed by atoms with van der Waals surface area (Å²) in [6, 6.07) is 0. The van der Waals surface area contributed by atoms with Crippen molar-refractivity contribution in [3.05, 3.63) is 32.5 Å². The van der Waals surface area contributed by atoms with Crippen molar-refractivity contribution in [3.8, 4) is 0 Å². The van der Waals surface area contributed by atoms with Gasteiger partial charge in [-0.25, -0.2) is 4.68 Å². The van der Waals surface area contributed by atoms with Gasteiger partial charge < -0.3 is 5.84 Å². The molecule has 1 heterocycles. The lowest BCUT2D eigenvalue weighted by Gasteiger charge is -1.97. The molecule has 0 aromatic carbocycles. The summed E-state index contributed by atoms with van der Waals surface area (Å²) in [5, 5.41) is 13.8. The van der Waals surface area contributed by atoms with Gasteiger partial charge in [-0.3, -0.25) is 0 Å². The topological polar surface area (TPSA) is 154 Å². The second-order valence-corrected chi connectivity index (χ2v) is 2.18. The third-order valence-corrected chi connectivity index (χ3v) is 1.39. The van der Waals surface area contributed by atoms with Gasteiger partial charge in [-0.15, -0.1) is 10.2 Å². The van der Waals surface area contributed by atoms with Crippen molar-refractivity contribution >= 4 is 0 Å². The highest BCUT2D eigenvalue weighted by Gasteiger charge is 2.06. The van der Waals surface area contributed by atoms with E-state index in [-0.39, 0.29) is 13.1 Å².